The summed E-state index contributed by atoms with van der Waals surface area (Å²) >= 11 is 12.2. The van der Waals surface area contributed by atoms with E-state index in [2.05, 4.69) is 15.1 Å². The quantitative estimate of drug-likeness (QED) is 0.656. The van der Waals surface area contributed by atoms with Crippen LogP contribution in [0.4, 0.5) is 10.3 Å². The minimum Gasteiger partial charge on any atom is -0.222 e. The van der Waals surface area contributed by atoms with Gasteiger partial charge in [0.25, 0.3) is 0 Å². The van der Waals surface area contributed by atoms with Gasteiger partial charge in [-0.3, -0.25) is 0 Å². The molecule has 0 unspecified atom stereocenters. The molecular weight excluding hydrogens is 350 g/mol. The van der Waals surface area contributed by atoms with Gasteiger partial charge >= 0.3 is 0 Å². The predicted molar refractivity (Wildman–Crippen MR) is 91.8 cm³/mol. The zero-order valence-corrected chi connectivity index (χ0v) is 13.8. The van der Waals surface area contributed by atoms with Crippen molar-refractivity contribution in [3.63, 3.8) is 0 Å². The first kappa shape index (κ1) is 15.3. The van der Waals surface area contributed by atoms with Crippen molar-refractivity contribution >= 4 is 34.9 Å². The van der Waals surface area contributed by atoms with Gasteiger partial charge in [0, 0.05) is 22.0 Å². The highest BCUT2D eigenvalue weighted by molar-refractivity contribution is 6.31. The van der Waals surface area contributed by atoms with Crippen molar-refractivity contribution in [2.75, 3.05) is 0 Å². The molecule has 3 aromatic rings. The molecule has 2 aromatic carbocycles. The average Bonchev–Trinajstić information content (AvgIpc) is 3.04. The van der Waals surface area contributed by atoms with Crippen LogP contribution in [0, 0.1) is 5.82 Å². The van der Waals surface area contributed by atoms with Crippen molar-refractivity contribution in [3.8, 4) is 0 Å². The van der Waals surface area contributed by atoms with E-state index in [4.69, 9.17) is 23.2 Å². The SMILES string of the molecule is Fc1cccc(Cl)c1[C@@H]1CC(c2ccc(Cl)cc2)=Nc2ncnn21. The van der Waals surface area contributed by atoms with Crippen LogP contribution >= 0.6 is 23.2 Å². The van der Waals surface area contributed by atoms with Gasteiger partial charge in [-0.25, -0.2) is 14.1 Å². The summed E-state index contributed by atoms with van der Waals surface area (Å²) in [6.45, 7) is 0. The fourth-order valence-electron chi connectivity index (χ4n) is 2.86. The summed E-state index contributed by atoms with van der Waals surface area (Å²) in [5, 5.41) is 5.20. The maximum Gasteiger partial charge on any atom is 0.248 e. The highest BCUT2D eigenvalue weighted by atomic mass is 35.5. The molecule has 4 nitrogen and oxygen atoms in total. The molecule has 2 heterocycles. The van der Waals surface area contributed by atoms with E-state index in [0.717, 1.165) is 11.3 Å². The number of rotatable bonds is 2. The van der Waals surface area contributed by atoms with E-state index in [0.29, 0.717) is 28.0 Å². The van der Waals surface area contributed by atoms with Gasteiger partial charge in [0.2, 0.25) is 5.95 Å². The van der Waals surface area contributed by atoms with Gasteiger partial charge in [-0.1, -0.05) is 41.4 Å². The first-order valence-electron chi connectivity index (χ1n) is 7.30. The maximum absolute atomic E-state index is 14.4. The molecule has 1 aromatic heterocycles. The van der Waals surface area contributed by atoms with Crippen molar-refractivity contribution in [1.29, 1.82) is 0 Å². The van der Waals surface area contributed by atoms with Crippen LogP contribution in [0.15, 0.2) is 53.8 Å². The molecule has 0 amide bonds. The summed E-state index contributed by atoms with van der Waals surface area (Å²) in [6, 6.07) is 11.6. The highest BCUT2D eigenvalue weighted by Crippen LogP contribution is 2.36. The monoisotopic (exact) mass is 360 g/mol. The Bertz CT molecular complexity index is 914. The number of nitrogens with zero attached hydrogens (tertiary/aromatic N) is 4. The van der Waals surface area contributed by atoms with Crippen LogP contribution in [0.3, 0.4) is 0 Å². The standard InChI is InChI=1S/C17H11Cl2FN4/c18-11-6-4-10(5-7-11)14-8-15(24-17(23-14)21-9-22-24)16-12(19)2-1-3-13(16)20/h1-7,9,15H,8H2/t15-/m0/s1. The maximum atomic E-state index is 14.4. The number of aromatic nitrogens is 3. The topological polar surface area (TPSA) is 43.1 Å². The second-order valence-corrected chi connectivity index (χ2v) is 6.27. The first-order valence-corrected chi connectivity index (χ1v) is 8.06. The molecule has 0 fully saturated rings. The molecule has 0 bridgehead atoms. The summed E-state index contributed by atoms with van der Waals surface area (Å²) in [5.74, 6) is 0.0572. The molecule has 1 aliphatic heterocycles. The van der Waals surface area contributed by atoms with Crippen molar-refractivity contribution in [2.24, 2.45) is 4.99 Å². The Morgan fingerprint density at radius 2 is 1.88 bits per heavy atom. The Labute approximate surface area is 147 Å². The number of hydrogen-bond acceptors (Lipinski definition) is 3. The van der Waals surface area contributed by atoms with Gasteiger partial charge < -0.3 is 0 Å². The lowest BCUT2D eigenvalue weighted by Crippen LogP contribution is -2.22. The summed E-state index contributed by atoms with van der Waals surface area (Å²) in [4.78, 5) is 8.70. The van der Waals surface area contributed by atoms with Crippen LogP contribution in [0.5, 0.6) is 0 Å². The molecule has 0 N–H and O–H groups in total. The molecule has 0 spiro atoms. The van der Waals surface area contributed by atoms with E-state index in [1.807, 2.05) is 12.1 Å². The molecule has 1 aliphatic rings. The van der Waals surface area contributed by atoms with Crippen LogP contribution in [0.1, 0.15) is 23.6 Å². The lowest BCUT2D eigenvalue weighted by atomic mass is 9.95. The average molecular weight is 361 g/mol. The van der Waals surface area contributed by atoms with Gasteiger partial charge in [-0.05, 0) is 29.8 Å². The van der Waals surface area contributed by atoms with Crippen molar-refractivity contribution in [1.82, 2.24) is 14.8 Å². The Morgan fingerprint density at radius 3 is 2.62 bits per heavy atom. The predicted octanol–water partition coefficient (Wildman–Crippen LogP) is 4.84. The fourth-order valence-corrected chi connectivity index (χ4v) is 3.27. The molecular formula is C17H11Cl2FN4. The minimum atomic E-state index is -0.403. The van der Waals surface area contributed by atoms with Gasteiger partial charge in [0.05, 0.1) is 11.8 Å². The largest absolute Gasteiger partial charge is 0.248 e. The minimum absolute atomic E-state index is 0.360. The zero-order valence-electron chi connectivity index (χ0n) is 12.3. The highest BCUT2D eigenvalue weighted by Gasteiger charge is 2.29. The van der Waals surface area contributed by atoms with Crippen LogP contribution in [-0.2, 0) is 0 Å². The smallest absolute Gasteiger partial charge is 0.222 e. The third-order valence-electron chi connectivity index (χ3n) is 3.98. The van der Waals surface area contributed by atoms with Crippen LogP contribution in [0.2, 0.25) is 10.0 Å². The van der Waals surface area contributed by atoms with Crippen molar-refractivity contribution in [2.45, 2.75) is 12.5 Å². The number of halogens is 3. The summed E-state index contributed by atoms with van der Waals surface area (Å²) in [7, 11) is 0. The third kappa shape index (κ3) is 2.60. The molecule has 24 heavy (non-hydrogen) atoms. The van der Waals surface area contributed by atoms with E-state index in [1.54, 1.807) is 28.9 Å². The van der Waals surface area contributed by atoms with E-state index < -0.39 is 6.04 Å². The normalized spacial score (nSPS) is 16.6. The number of fused-ring (bicyclic) bond motifs is 1. The fraction of sp³-hybridized carbons (Fsp3) is 0.118. The zero-order chi connectivity index (χ0) is 16.7. The van der Waals surface area contributed by atoms with E-state index in [-0.39, 0.29) is 5.82 Å². The summed E-state index contributed by atoms with van der Waals surface area (Å²) < 4.78 is 16.0. The third-order valence-corrected chi connectivity index (χ3v) is 4.56. The molecule has 7 heteroatoms. The molecule has 4 rings (SSSR count). The Hall–Kier alpha value is -2.24. The van der Waals surface area contributed by atoms with Gasteiger partial charge in [0.15, 0.2) is 0 Å². The van der Waals surface area contributed by atoms with Crippen molar-refractivity contribution < 1.29 is 4.39 Å². The molecule has 0 aliphatic carbocycles. The Morgan fingerprint density at radius 1 is 1.08 bits per heavy atom. The van der Waals surface area contributed by atoms with Crippen LogP contribution < -0.4 is 0 Å². The van der Waals surface area contributed by atoms with E-state index in [9.17, 15) is 4.39 Å². The van der Waals surface area contributed by atoms with Crippen molar-refractivity contribution in [3.05, 3.63) is 75.8 Å². The second kappa shape index (κ2) is 6.00. The second-order valence-electron chi connectivity index (χ2n) is 5.43. The summed E-state index contributed by atoms with van der Waals surface area (Å²) in [6.07, 6.45) is 1.87. The number of aliphatic imine (C=N–C) groups is 1. The molecule has 120 valence electrons. The summed E-state index contributed by atoms with van der Waals surface area (Å²) in [5.41, 5.74) is 2.09. The van der Waals surface area contributed by atoms with E-state index >= 15 is 0 Å². The molecule has 0 saturated carbocycles. The van der Waals surface area contributed by atoms with Gasteiger partial charge in [-0.15, -0.1) is 0 Å². The lowest BCUT2D eigenvalue weighted by Gasteiger charge is -2.25. The first-order chi connectivity index (χ1) is 11.6. The molecule has 1 atom stereocenters. The Balaban J connectivity index is 1.83. The van der Waals surface area contributed by atoms with Gasteiger partial charge in [0.1, 0.15) is 12.1 Å². The van der Waals surface area contributed by atoms with Gasteiger partial charge in [-0.2, -0.15) is 10.1 Å². The van der Waals surface area contributed by atoms with Crippen LogP contribution in [-0.4, -0.2) is 20.5 Å². The molecule has 0 radical (unpaired) electrons. The van der Waals surface area contributed by atoms with Crippen LogP contribution in [0.25, 0.3) is 0 Å². The molecule has 0 saturated heterocycles. The number of benzene rings is 2. The Kier molecular flexibility index (Phi) is 3.82. The number of hydrogen-bond donors (Lipinski definition) is 0. The van der Waals surface area contributed by atoms with E-state index in [1.165, 1.54) is 12.4 Å². The lowest BCUT2D eigenvalue weighted by molar-refractivity contribution is 0.497.